The first-order chi connectivity index (χ1) is 9.45. The number of aryl methyl sites for hydroxylation is 1. The van der Waals surface area contributed by atoms with Crippen LogP contribution in [-0.2, 0) is 0 Å². The molecule has 0 saturated heterocycles. The van der Waals surface area contributed by atoms with Gasteiger partial charge in [0.25, 0.3) is 0 Å². The number of hydrogen-bond acceptors (Lipinski definition) is 3. The summed E-state index contributed by atoms with van der Waals surface area (Å²) >= 11 is 6.80. The van der Waals surface area contributed by atoms with Gasteiger partial charge in [0.2, 0.25) is 0 Å². The van der Waals surface area contributed by atoms with Crippen LogP contribution in [0, 0.1) is 6.92 Å². The highest BCUT2D eigenvalue weighted by atomic mass is 79.9. The molecule has 0 amide bonds. The summed E-state index contributed by atoms with van der Waals surface area (Å²) in [6.07, 6.45) is 0. The van der Waals surface area contributed by atoms with Crippen molar-refractivity contribution in [2.24, 2.45) is 0 Å². The molecule has 0 radical (unpaired) electrons. The molecule has 3 nitrogen and oxygen atoms in total. The maximum absolute atomic E-state index is 12.7. The third kappa shape index (κ3) is 2.74. The minimum Gasteiger partial charge on any atom is -0.496 e. The average molecular weight is 399 g/mol. The molecule has 0 unspecified atom stereocenters. The number of carbonyl (C=O) groups excluding carboxylic acids is 1. The second kappa shape index (κ2) is 5.97. The Morgan fingerprint density at radius 2 is 1.90 bits per heavy atom. The fraction of sp³-hybridized carbons (Fsp3) is 0.133. The van der Waals surface area contributed by atoms with E-state index in [-0.39, 0.29) is 5.78 Å². The topological polar surface area (TPSA) is 52.3 Å². The van der Waals surface area contributed by atoms with Crippen molar-refractivity contribution in [2.45, 2.75) is 6.92 Å². The van der Waals surface area contributed by atoms with Gasteiger partial charge < -0.3 is 10.5 Å². The molecule has 2 aromatic carbocycles. The van der Waals surface area contributed by atoms with Gasteiger partial charge in [0, 0.05) is 15.7 Å². The summed E-state index contributed by atoms with van der Waals surface area (Å²) in [6.45, 7) is 1.94. The van der Waals surface area contributed by atoms with E-state index < -0.39 is 0 Å². The van der Waals surface area contributed by atoms with Gasteiger partial charge in [-0.3, -0.25) is 4.79 Å². The number of hydrogen-bond donors (Lipinski definition) is 1. The molecule has 2 N–H and O–H groups in total. The molecule has 20 heavy (non-hydrogen) atoms. The number of benzene rings is 2. The highest BCUT2D eigenvalue weighted by Gasteiger charge is 2.19. The van der Waals surface area contributed by atoms with Crippen LogP contribution in [0.4, 0.5) is 5.69 Å². The number of ether oxygens (including phenoxy) is 1. The first-order valence-corrected chi connectivity index (χ1v) is 7.47. The summed E-state index contributed by atoms with van der Waals surface area (Å²) in [4.78, 5) is 12.7. The first-order valence-electron chi connectivity index (χ1n) is 5.88. The second-order valence-electron chi connectivity index (χ2n) is 4.34. The van der Waals surface area contributed by atoms with Crippen molar-refractivity contribution in [1.82, 2.24) is 0 Å². The largest absolute Gasteiger partial charge is 0.496 e. The van der Waals surface area contributed by atoms with Crippen LogP contribution in [0.15, 0.2) is 39.3 Å². The van der Waals surface area contributed by atoms with Gasteiger partial charge in [0.15, 0.2) is 5.78 Å². The second-order valence-corrected chi connectivity index (χ2v) is 5.99. The van der Waals surface area contributed by atoms with Crippen LogP contribution >= 0.6 is 31.9 Å². The number of anilines is 1. The van der Waals surface area contributed by atoms with E-state index in [1.54, 1.807) is 31.4 Å². The Balaban J connectivity index is 2.59. The monoisotopic (exact) mass is 397 g/mol. The quantitative estimate of drug-likeness (QED) is 0.617. The molecule has 0 fully saturated rings. The van der Waals surface area contributed by atoms with Gasteiger partial charge in [-0.25, -0.2) is 0 Å². The SMILES string of the molecule is COc1cc(C)c(Br)cc1C(=O)c1cccc(N)c1Br. The molecule has 0 bridgehead atoms. The fourth-order valence-corrected chi connectivity index (χ4v) is 2.66. The van der Waals surface area contributed by atoms with Crippen LogP contribution in [0.25, 0.3) is 0 Å². The van der Waals surface area contributed by atoms with E-state index in [1.807, 2.05) is 13.0 Å². The Hall–Kier alpha value is -1.33. The standard InChI is InChI=1S/C15H13Br2NO2/c1-8-6-13(20-2)10(7-11(8)16)15(19)9-4-3-5-12(18)14(9)17/h3-7H,18H2,1-2H3. The van der Waals surface area contributed by atoms with Crippen LogP contribution < -0.4 is 10.5 Å². The van der Waals surface area contributed by atoms with E-state index in [0.29, 0.717) is 27.0 Å². The van der Waals surface area contributed by atoms with Gasteiger partial charge in [-0.15, -0.1) is 0 Å². The summed E-state index contributed by atoms with van der Waals surface area (Å²) in [6, 6.07) is 8.83. The van der Waals surface area contributed by atoms with E-state index >= 15 is 0 Å². The van der Waals surface area contributed by atoms with Crippen LogP contribution in [-0.4, -0.2) is 12.9 Å². The predicted molar refractivity (Wildman–Crippen MR) is 87.4 cm³/mol. The number of methoxy groups -OCH3 is 1. The van der Waals surface area contributed by atoms with Crippen molar-refractivity contribution in [3.63, 3.8) is 0 Å². The van der Waals surface area contributed by atoms with Crippen molar-refractivity contribution >= 4 is 43.3 Å². The molecule has 0 aliphatic carbocycles. The molecule has 0 aromatic heterocycles. The van der Waals surface area contributed by atoms with Gasteiger partial charge >= 0.3 is 0 Å². The number of rotatable bonds is 3. The lowest BCUT2D eigenvalue weighted by Crippen LogP contribution is -2.06. The fourth-order valence-electron chi connectivity index (χ4n) is 1.87. The Kier molecular flexibility index (Phi) is 4.50. The number of nitrogen functional groups attached to an aromatic ring is 1. The van der Waals surface area contributed by atoms with Crippen molar-refractivity contribution in [3.05, 3.63) is 56.0 Å². The summed E-state index contributed by atoms with van der Waals surface area (Å²) in [5, 5.41) is 0. The summed E-state index contributed by atoms with van der Waals surface area (Å²) in [5.74, 6) is 0.409. The lowest BCUT2D eigenvalue weighted by atomic mass is 10.0. The van der Waals surface area contributed by atoms with Crippen LogP contribution in [0.1, 0.15) is 21.5 Å². The van der Waals surface area contributed by atoms with Crippen LogP contribution in [0.2, 0.25) is 0 Å². The number of halogens is 2. The molecule has 2 rings (SSSR count). The molecule has 0 aliphatic heterocycles. The zero-order valence-corrected chi connectivity index (χ0v) is 14.2. The lowest BCUT2D eigenvalue weighted by Gasteiger charge is -2.12. The summed E-state index contributed by atoms with van der Waals surface area (Å²) in [5.41, 5.74) is 8.36. The maximum atomic E-state index is 12.7. The van der Waals surface area contributed by atoms with E-state index in [1.165, 1.54) is 0 Å². The van der Waals surface area contributed by atoms with E-state index in [9.17, 15) is 4.79 Å². The zero-order valence-electron chi connectivity index (χ0n) is 11.0. The minimum atomic E-state index is -0.137. The molecular formula is C15H13Br2NO2. The first kappa shape index (κ1) is 15.1. The normalized spacial score (nSPS) is 10.4. The van der Waals surface area contributed by atoms with Crippen molar-refractivity contribution in [3.8, 4) is 5.75 Å². The number of carbonyl (C=O) groups is 1. The molecular weight excluding hydrogens is 386 g/mol. The molecule has 0 atom stereocenters. The van der Waals surface area contributed by atoms with Gasteiger partial charge in [0.1, 0.15) is 5.75 Å². The lowest BCUT2D eigenvalue weighted by molar-refractivity contribution is 0.103. The minimum absolute atomic E-state index is 0.137. The maximum Gasteiger partial charge on any atom is 0.198 e. The molecule has 5 heteroatoms. The molecule has 0 spiro atoms. The molecule has 2 aromatic rings. The Morgan fingerprint density at radius 1 is 1.20 bits per heavy atom. The van der Waals surface area contributed by atoms with Gasteiger partial charge in [0.05, 0.1) is 17.1 Å². The Labute approximate surface area is 134 Å². The van der Waals surface area contributed by atoms with Crippen molar-refractivity contribution in [1.29, 1.82) is 0 Å². The average Bonchev–Trinajstić information content (AvgIpc) is 2.43. The third-order valence-electron chi connectivity index (χ3n) is 3.00. The highest BCUT2D eigenvalue weighted by Crippen LogP contribution is 2.32. The number of nitrogens with two attached hydrogens (primary N) is 1. The van der Waals surface area contributed by atoms with E-state index in [4.69, 9.17) is 10.5 Å². The van der Waals surface area contributed by atoms with Gasteiger partial charge in [-0.2, -0.15) is 0 Å². The van der Waals surface area contributed by atoms with Crippen LogP contribution in [0.5, 0.6) is 5.75 Å². The smallest absolute Gasteiger partial charge is 0.198 e. The van der Waals surface area contributed by atoms with E-state index in [0.717, 1.165) is 10.0 Å². The van der Waals surface area contributed by atoms with E-state index in [2.05, 4.69) is 31.9 Å². The third-order valence-corrected chi connectivity index (χ3v) is 4.74. The Bertz CT molecular complexity index is 684. The predicted octanol–water partition coefficient (Wildman–Crippen LogP) is 4.34. The molecule has 104 valence electrons. The molecule has 0 heterocycles. The van der Waals surface area contributed by atoms with Gasteiger partial charge in [-0.05, 0) is 52.7 Å². The van der Waals surface area contributed by atoms with Crippen molar-refractivity contribution < 1.29 is 9.53 Å². The Morgan fingerprint density at radius 3 is 2.55 bits per heavy atom. The molecule has 0 saturated carbocycles. The van der Waals surface area contributed by atoms with Crippen molar-refractivity contribution in [2.75, 3.05) is 12.8 Å². The van der Waals surface area contributed by atoms with Crippen LogP contribution in [0.3, 0.4) is 0 Å². The number of ketones is 1. The summed E-state index contributed by atoms with van der Waals surface area (Å²) in [7, 11) is 1.55. The summed E-state index contributed by atoms with van der Waals surface area (Å²) < 4.78 is 6.77. The highest BCUT2D eigenvalue weighted by molar-refractivity contribution is 9.11. The zero-order chi connectivity index (χ0) is 14.9. The molecule has 0 aliphatic rings. The van der Waals surface area contributed by atoms with Gasteiger partial charge in [-0.1, -0.05) is 22.0 Å².